The minimum atomic E-state index is -0.518. The highest BCUT2D eigenvalue weighted by atomic mass is 19.1. The Kier molecular flexibility index (Phi) is 3.99. The van der Waals surface area contributed by atoms with E-state index in [4.69, 9.17) is 9.47 Å². The second-order valence-electron chi connectivity index (χ2n) is 3.13. The maximum atomic E-state index is 12.9. The van der Waals surface area contributed by atoms with Gasteiger partial charge in [-0.1, -0.05) is 0 Å². The average molecular weight is 226 g/mol. The first-order valence-corrected chi connectivity index (χ1v) is 4.59. The van der Waals surface area contributed by atoms with Crippen molar-refractivity contribution in [2.45, 2.75) is 20.5 Å². The van der Waals surface area contributed by atoms with E-state index >= 15 is 0 Å². The van der Waals surface area contributed by atoms with E-state index in [1.807, 2.05) is 0 Å². The summed E-state index contributed by atoms with van der Waals surface area (Å²) in [6.45, 7) is 2.35. The predicted octanol–water partition coefficient (Wildman–Crippen LogP) is 1.81. The monoisotopic (exact) mass is 226 g/mol. The summed E-state index contributed by atoms with van der Waals surface area (Å²) in [5.41, 5.74) is 0.311. The van der Waals surface area contributed by atoms with Gasteiger partial charge in [0.15, 0.2) is 0 Å². The van der Waals surface area contributed by atoms with Gasteiger partial charge in [0, 0.05) is 19.4 Å². The summed E-state index contributed by atoms with van der Waals surface area (Å²) in [7, 11) is 0. The zero-order chi connectivity index (χ0) is 12.1. The fourth-order valence-electron chi connectivity index (χ4n) is 1.09. The first-order valence-electron chi connectivity index (χ1n) is 4.59. The number of halogens is 1. The molecule has 0 aliphatic heterocycles. The molecule has 1 aromatic carbocycles. The van der Waals surface area contributed by atoms with E-state index in [2.05, 4.69) is 0 Å². The van der Waals surface area contributed by atoms with Crippen molar-refractivity contribution in [3.63, 3.8) is 0 Å². The summed E-state index contributed by atoms with van der Waals surface area (Å²) in [5, 5.41) is 0. The Balaban J connectivity index is 2.89. The maximum absolute atomic E-state index is 12.9. The summed E-state index contributed by atoms with van der Waals surface area (Å²) < 4.78 is 22.5. The molecule has 0 saturated heterocycles. The first-order chi connectivity index (χ1) is 7.49. The summed E-state index contributed by atoms with van der Waals surface area (Å²) >= 11 is 0. The van der Waals surface area contributed by atoms with Crippen molar-refractivity contribution in [2.24, 2.45) is 0 Å². The number of ether oxygens (including phenoxy) is 2. The first kappa shape index (κ1) is 12.2. The van der Waals surface area contributed by atoms with Crippen molar-refractivity contribution in [2.75, 3.05) is 0 Å². The van der Waals surface area contributed by atoms with E-state index in [0.717, 1.165) is 12.1 Å². The molecule has 1 rings (SSSR count). The maximum Gasteiger partial charge on any atom is 0.308 e. The van der Waals surface area contributed by atoms with Crippen LogP contribution < -0.4 is 4.74 Å². The Morgan fingerprint density at radius 2 is 1.94 bits per heavy atom. The van der Waals surface area contributed by atoms with E-state index in [0.29, 0.717) is 5.56 Å². The molecule has 0 aliphatic rings. The molecule has 0 heterocycles. The van der Waals surface area contributed by atoms with Gasteiger partial charge in [-0.15, -0.1) is 0 Å². The van der Waals surface area contributed by atoms with Gasteiger partial charge in [-0.25, -0.2) is 4.39 Å². The van der Waals surface area contributed by atoms with Crippen LogP contribution >= 0.6 is 0 Å². The number of carbonyl (C=O) groups excluding carboxylic acids is 2. The molecule has 0 N–H and O–H groups in total. The highest BCUT2D eigenvalue weighted by Crippen LogP contribution is 2.20. The lowest BCUT2D eigenvalue weighted by Crippen LogP contribution is -2.06. The fraction of sp³-hybridized carbons (Fsp3) is 0.273. The van der Waals surface area contributed by atoms with Crippen LogP contribution in [0.25, 0.3) is 0 Å². The van der Waals surface area contributed by atoms with E-state index in [9.17, 15) is 14.0 Å². The third-order valence-electron chi connectivity index (χ3n) is 1.71. The second-order valence-corrected chi connectivity index (χ2v) is 3.13. The van der Waals surface area contributed by atoms with Crippen molar-refractivity contribution in [1.29, 1.82) is 0 Å². The Labute approximate surface area is 92.0 Å². The minimum absolute atomic E-state index is 0.129. The van der Waals surface area contributed by atoms with Crippen LogP contribution in [-0.2, 0) is 20.9 Å². The zero-order valence-electron chi connectivity index (χ0n) is 8.95. The van der Waals surface area contributed by atoms with Crippen molar-refractivity contribution >= 4 is 11.9 Å². The minimum Gasteiger partial charge on any atom is -0.461 e. The molecule has 0 unspecified atom stereocenters. The molecule has 0 radical (unpaired) electrons. The Morgan fingerprint density at radius 3 is 2.50 bits per heavy atom. The van der Waals surface area contributed by atoms with Crippen molar-refractivity contribution in [3.05, 3.63) is 29.6 Å². The van der Waals surface area contributed by atoms with E-state index in [1.165, 1.54) is 19.9 Å². The molecule has 0 bridgehead atoms. The molecule has 5 heteroatoms. The van der Waals surface area contributed by atoms with Gasteiger partial charge in [-0.2, -0.15) is 0 Å². The van der Waals surface area contributed by atoms with E-state index in [-0.39, 0.29) is 12.4 Å². The largest absolute Gasteiger partial charge is 0.461 e. The van der Waals surface area contributed by atoms with Crippen LogP contribution in [0.15, 0.2) is 18.2 Å². The molecule has 0 saturated carbocycles. The van der Waals surface area contributed by atoms with Crippen LogP contribution in [0, 0.1) is 5.82 Å². The third-order valence-corrected chi connectivity index (χ3v) is 1.71. The molecule has 0 amide bonds. The van der Waals surface area contributed by atoms with Crippen LogP contribution in [0.4, 0.5) is 4.39 Å². The summed E-state index contributed by atoms with van der Waals surface area (Å²) in [5.74, 6) is -1.30. The van der Waals surface area contributed by atoms with Gasteiger partial charge < -0.3 is 9.47 Å². The molecule has 1 aromatic rings. The summed E-state index contributed by atoms with van der Waals surface area (Å²) in [6.07, 6.45) is 0. The van der Waals surface area contributed by atoms with Gasteiger partial charge in [0.1, 0.15) is 18.2 Å². The molecule has 0 atom stereocenters. The lowest BCUT2D eigenvalue weighted by Gasteiger charge is -2.08. The van der Waals surface area contributed by atoms with Gasteiger partial charge in [-0.3, -0.25) is 9.59 Å². The molecule has 0 aromatic heterocycles. The number of carbonyl (C=O) groups is 2. The topological polar surface area (TPSA) is 52.6 Å². The lowest BCUT2D eigenvalue weighted by atomic mass is 10.2. The number of esters is 2. The number of hydrogen-bond acceptors (Lipinski definition) is 4. The van der Waals surface area contributed by atoms with Crippen LogP contribution in [0.1, 0.15) is 19.4 Å². The Morgan fingerprint density at radius 1 is 1.25 bits per heavy atom. The molecule has 0 fully saturated rings. The summed E-state index contributed by atoms with van der Waals surface area (Å²) in [6, 6.07) is 3.63. The molecule has 4 nitrogen and oxygen atoms in total. The normalized spacial score (nSPS) is 9.69. The van der Waals surface area contributed by atoms with Crippen molar-refractivity contribution in [1.82, 2.24) is 0 Å². The molecule has 86 valence electrons. The zero-order valence-corrected chi connectivity index (χ0v) is 8.95. The number of hydrogen-bond donors (Lipinski definition) is 0. The Hall–Kier alpha value is -1.91. The molecular formula is C11H11FO4. The smallest absolute Gasteiger partial charge is 0.308 e. The van der Waals surface area contributed by atoms with Crippen LogP contribution in [0.2, 0.25) is 0 Å². The fourth-order valence-corrected chi connectivity index (χ4v) is 1.09. The number of rotatable bonds is 3. The lowest BCUT2D eigenvalue weighted by molar-refractivity contribution is -0.142. The van der Waals surface area contributed by atoms with Gasteiger partial charge >= 0.3 is 11.9 Å². The molecule has 16 heavy (non-hydrogen) atoms. The Bertz CT molecular complexity index is 414. The second kappa shape index (κ2) is 5.25. The molecule has 0 spiro atoms. The van der Waals surface area contributed by atoms with Gasteiger partial charge in [-0.05, 0) is 18.2 Å². The quantitative estimate of drug-likeness (QED) is 0.582. The average Bonchev–Trinajstić information content (AvgIpc) is 2.17. The molecular weight excluding hydrogens is 215 g/mol. The van der Waals surface area contributed by atoms with Crippen molar-refractivity contribution < 1.29 is 23.5 Å². The van der Waals surface area contributed by atoms with Crippen LogP contribution in [-0.4, -0.2) is 11.9 Å². The van der Waals surface area contributed by atoms with Crippen molar-refractivity contribution in [3.8, 4) is 5.75 Å². The van der Waals surface area contributed by atoms with Crippen LogP contribution in [0.5, 0.6) is 5.75 Å². The predicted molar refractivity (Wildman–Crippen MR) is 53.2 cm³/mol. The molecule has 0 aliphatic carbocycles. The highest BCUT2D eigenvalue weighted by molar-refractivity contribution is 5.70. The van der Waals surface area contributed by atoms with E-state index in [1.54, 1.807) is 0 Å². The van der Waals surface area contributed by atoms with Gasteiger partial charge in [0.2, 0.25) is 0 Å². The van der Waals surface area contributed by atoms with Gasteiger partial charge in [0.05, 0.1) is 0 Å². The van der Waals surface area contributed by atoms with Gasteiger partial charge in [0.25, 0.3) is 0 Å². The third kappa shape index (κ3) is 3.68. The standard InChI is InChI=1S/C11H11FO4/c1-7(13)15-6-9-5-10(12)3-4-11(9)16-8(2)14/h3-5H,6H2,1-2H3. The highest BCUT2D eigenvalue weighted by Gasteiger charge is 2.09. The van der Waals surface area contributed by atoms with Crippen LogP contribution in [0.3, 0.4) is 0 Å². The number of benzene rings is 1. The SMILES string of the molecule is CC(=O)OCc1cc(F)ccc1OC(C)=O. The summed E-state index contributed by atoms with van der Waals surface area (Å²) in [4.78, 5) is 21.4. The van der Waals surface area contributed by atoms with E-state index < -0.39 is 17.8 Å².